The fourth-order valence-corrected chi connectivity index (χ4v) is 5.10. The number of aliphatic hydroxyl groups is 1. The van der Waals surface area contributed by atoms with Gasteiger partial charge in [0.15, 0.2) is 0 Å². The second-order valence-electron chi connectivity index (χ2n) is 9.73. The highest BCUT2D eigenvalue weighted by Gasteiger charge is 2.48. The molecule has 2 fully saturated rings. The normalized spacial score (nSPS) is 24.2. The van der Waals surface area contributed by atoms with Crippen LogP contribution < -0.4 is 5.32 Å². The van der Waals surface area contributed by atoms with E-state index in [1.807, 2.05) is 0 Å². The lowest BCUT2D eigenvalue weighted by Crippen LogP contribution is -2.63. The van der Waals surface area contributed by atoms with Crippen LogP contribution in [0.2, 0.25) is 0 Å². The fourth-order valence-electron chi connectivity index (χ4n) is 5.10. The molecule has 4 heterocycles. The van der Waals surface area contributed by atoms with Crippen LogP contribution in [0, 0.1) is 0 Å². The second kappa shape index (κ2) is 9.04. The van der Waals surface area contributed by atoms with Crippen molar-refractivity contribution in [1.29, 1.82) is 0 Å². The summed E-state index contributed by atoms with van der Waals surface area (Å²) in [7, 11) is 6.27. The van der Waals surface area contributed by atoms with Crippen molar-refractivity contribution in [1.82, 2.24) is 20.1 Å². The van der Waals surface area contributed by atoms with Crippen LogP contribution in [0.4, 0.5) is 8.78 Å². The summed E-state index contributed by atoms with van der Waals surface area (Å²) in [6.07, 6.45) is -1.61. The molecule has 2 N–H and O–H groups in total. The van der Waals surface area contributed by atoms with E-state index in [1.54, 1.807) is 24.3 Å². The van der Waals surface area contributed by atoms with Gasteiger partial charge in [0.1, 0.15) is 13.4 Å². The topological polar surface area (TPSA) is 103 Å². The molecule has 0 saturated carbocycles. The third-order valence-electron chi connectivity index (χ3n) is 7.42. The largest absolute Gasteiger partial charge is 0.383 e. The van der Waals surface area contributed by atoms with E-state index < -0.39 is 35.2 Å². The van der Waals surface area contributed by atoms with E-state index in [1.165, 1.54) is 17.0 Å². The summed E-state index contributed by atoms with van der Waals surface area (Å²) >= 11 is 0. The van der Waals surface area contributed by atoms with Crippen molar-refractivity contribution in [3.63, 3.8) is 0 Å². The Bertz CT molecular complexity index is 1220. The number of pyridine rings is 1. The zero-order valence-corrected chi connectivity index (χ0v) is 19.5. The maximum absolute atomic E-state index is 13.0. The molecule has 0 aliphatic carbocycles. The van der Waals surface area contributed by atoms with Gasteiger partial charge >= 0.3 is 0 Å². The number of halogens is 2. The average Bonchev–Trinajstić information content (AvgIpc) is 3.20. The monoisotopic (exact) mass is 494 g/mol. The molecule has 8 nitrogen and oxygen atoms in total. The number of rotatable bonds is 5. The molecular formula is C25H25BF2N4O4. The molecule has 186 valence electrons. The molecule has 2 saturated heterocycles. The number of aromatic nitrogens is 1. The third kappa shape index (κ3) is 4.30. The smallest absolute Gasteiger partial charge is 0.263 e. The lowest BCUT2D eigenvalue weighted by molar-refractivity contribution is -0.138. The number of hydrogen-bond acceptors (Lipinski definition) is 6. The number of likely N-dealkylation sites (tertiary alicyclic amines) is 1. The first-order valence-electron chi connectivity index (χ1n) is 11.9. The number of nitrogens with one attached hydrogen (secondary N) is 1. The van der Waals surface area contributed by atoms with Crippen molar-refractivity contribution in [3.05, 3.63) is 64.5 Å². The molecule has 1 aromatic carbocycles. The van der Waals surface area contributed by atoms with Gasteiger partial charge < -0.3 is 10.0 Å². The summed E-state index contributed by atoms with van der Waals surface area (Å²) < 4.78 is 25.5. The van der Waals surface area contributed by atoms with Crippen molar-refractivity contribution in [2.24, 2.45) is 0 Å². The zero-order valence-electron chi connectivity index (χ0n) is 19.5. The quantitative estimate of drug-likeness (QED) is 0.485. The summed E-state index contributed by atoms with van der Waals surface area (Å²) in [4.78, 5) is 44.9. The van der Waals surface area contributed by atoms with Gasteiger partial charge in [-0.15, -0.1) is 0 Å². The van der Waals surface area contributed by atoms with Gasteiger partial charge in [-0.25, -0.2) is 8.78 Å². The van der Waals surface area contributed by atoms with E-state index in [9.17, 15) is 28.3 Å². The number of alkyl halides is 2. The van der Waals surface area contributed by atoms with E-state index >= 15 is 0 Å². The van der Waals surface area contributed by atoms with Gasteiger partial charge in [-0.05, 0) is 37.0 Å². The third-order valence-corrected chi connectivity index (χ3v) is 7.42. The number of nitrogens with zero attached hydrogens (tertiary/aromatic N) is 3. The number of piperidine rings is 2. The molecule has 0 bridgehead atoms. The van der Waals surface area contributed by atoms with Gasteiger partial charge in [-0.1, -0.05) is 24.3 Å². The van der Waals surface area contributed by atoms with Crippen LogP contribution in [0.3, 0.4) is 0 Å². The van der Waals surface area contributed by atoms with Crippen LogP contribution in [-0.2, 0) is 28.3 Å². The van der Waals surface area contributed by atoms with Crippen LogP contribution in [0.5, 0.6) is 0 Å². The molecule has 36 heavy (non-hydrogen) atoms. The van der Waals surface area contributed by atoms with E-state index in [-0.39, 0.29) is 24.9 Å². The highest BCUT2D eigenvalue weighted by atomic mass is 19.3. The van der Waals surface area contributed by atoms with Gasteiger partial charge in [0.05, 0.1) is 28.9 Å². The first-order chi connectivity index (χ1) is 17.1. The molecule has 3 amide bonds. The van der Waals surface area contributed by atoms with E-state index in [4.69, 9.17) is 7.85 Å². The summed E-state index contributed by atoms with van der Waals surface area (Å²) in [6.45, 7) is 1.76. The molecule has 1 atom stereocenters. The van der Waals surface area contributed by atoms with Gasteiger partial charge in [0, 0.05) is 31.6 Å². The first-order valence-corrected chi connectivity index (χ1v) is 11.9. The van der Waals surface area contributed by atoms with Crippen molar-refractivity contribution >= 4 is 25.6 Å². The lowest BCUT2D eigenvalue weighted by Gasteiger charge is -2.40. The predicted molar refractivity (Wildman–Crippen MR) is 125 cm³/mol. The van der Waals surface area contributed by atoms with Gasteiger partial charge in [0.2, 0.25) is 11.8 Å². The fraction of sp³-hybridized carbons (Fsp3) is 0.440. The minimum absolute atomic E-state index is 0.00957. The van der Waals surface area contributed by atoms with Gasteiger partial charge in [0.25, 0.3) is 12.3 Å². The molecule has 2 aromatic rings. The van der Waals surface area contributed by atoms with Crippen molar-refractivity contribution in [3.8, 4) is 0 Å². The average molecular weight is 494 g/mol. The molecule has 5 rings (SSSR count). The number of benzene rings is 1. The van der Waals surface area contributed by atoms with Crippen molar-refractivity contribution in [2.45, 2.75) is 56.2 Å². The van der Waals surface area contributed by atoms with Crippen LogP contribution in [-0.4, -0.2) is 64.0 Å². The Labute approximate surface area is 208 Å². The molecule has 2 radical (unpaired) electrons. The predicted octanol–water partition coefficient (Wildman–Crippen LogP) is 1.76. The molecular weight excluding hydrogens is 469 g/mol. The number of imide groups is 1. The highest BCUT2D eigenvalue weighted by molar-refractivity contribution is 6.32. The Balaban J connectivity index is 1.26. The Morgan fingerprint density at radius 3 is 2.39 bits per heavy atom. The summed E-state index contributed by atoms with van der Waals surface area (Å²) in [5, 5.41) is 13.6. The van der Waals surface area contributed by atoms with Crippen LogP contribution in [0.1, 0.15) is 65.0 Å². The highest BCUT2D eigenvalue weighted by Crippen LogP contribution is 2.36. The SMILES string of the molecule is [B]C1(N2Cc3nc(C4(O)CCN(Cc5ccc(C(F)F)cc5)CC4)ccc3C2=O)CCC(=O)NC1=O. The number of carbonyl (C=O) groups is 3. The molecule has 3 aliphatic rings. The molecule has 0 spiro atoms. The summed E-state index contributed by atoms with van der Waals surface area (Å²) in [5.41, 5.74) is -0.708. The van der Waals surface area contributed by atoms with Crippen LogP contribution in [0.15, 0.2) is 36.4 Å². The Morgan fingerprint density at radius 1 is 1.06 bits per heavy atom. The maximum atomic E-state index is 13.0. The minimum Gasteiger partial charge on any atom is -0.383 e. The Morgan fingerprint density at radius 2 is 1.75 bits per heavy atom. The van der Waals surface area contributed by atoms with Crippen LogP contribution >= 0.6 is 0 Å². The van der Waals surface area contributed by atoms with E-state index in [0.29, 0.717) is 49.4 Å². The zero-order chi connectivity index (χ0) is 25.7. The van der Waals surface area contributed by atoms with Crippen molar-refractivity contribution in [2.75, 3.05) is 13.1 Å². The van der Waals surface area contributed by atoms with E-state index in [0.717, 1.165) is 5.56 Å². The lowest BCUT2D eigenvalue weighted by atomic mass is 9.70. The summed E-state index contributed by atoms with van der Waals surface area (Å²) in [5.74, 6) is -1.57. The van der Waals surface area contributed by atoms with Gasteiger partial charge in [-0.3, -0.25) is 29.6 Å². The van der Waals surface area contributed by atoms with Crippen molar-refractivity contribution < 1.29 is 28.3 Å². The summed E-state index contributed by atoms with van der Waals surface area (Å²) in [6, 6.07) is 9.48. The number of fused-ring (bicyclic) bond motifs is 1. The van der Waals surface area contributed by atoms with E-state index in [2.05, 4.69) is 15.2 Å². The molecule has 1 aromatic heterocycles. The Kier molecular flexibility index (Phi) is 6.16. The molecule has 3 aliphatic heterocycles. The number of carbonyl (C=O) groups excluding carboxylic acids is 3. The second-order valence-corrected chi connectivity index (χ2v) is 9.73. The number of amides is 3. The first kappa shape index (κ1) is 24.5. The molecule has 11 heteroatoms. The number of hydrogen-bond donors (Lipinski definition) is 2. The maximum Gasteiger partial charge on any atom is 0.263 e. The standard InChI is InChI=1S/C25H25BF2N4O4/c26-25(8-7-20(33)30-23(25)35)32-14-18-17(22(32)34)5-6-19(29-18)24(36)9-11-31(12-10-24)13-15-1-3-16(4-2-15)21(27)28/h1-6,21,36H,7-14H2,(H,30,33,35). The van der Waals surface area contributed by atoms with Gasteiger partial charge in [-0.2, -0.15) is 0 Å². The minimum atomic E-state index is -2.49. The Hall–Kier alpha value is -3.18. The molecule has 1 unspecified atom stereocenters. The van der Waals surface area contributed by atoms with Crippen LogP contribution in [0.25, 0.3) is 0 Å².